The molecule has 158 valence electrons. The molecule has 1 aliphatic heterocycles. The minimum Gasteiger partial charge on any atom is -0.483 e. The van der Waals surface area contributed by atoms with Crippen LogP contribution in [-0.4, -0.2) is 67.4 Å². The Kier molecular flexibility index (Phi) is 6.84. The maximum Gasteiger partial charge on any atom is 0.293 e. The molecule has 6 nitrogen and oxygen atoms in total. The van der Waals surface area contributed by atoms with Gasteiger partial charge in [-0.15, -0.1) is 0 Å². The van der Waals surface area contributed by atoms with Gasteiger partial charge in [-0.1, -0.05) is 0 Å². The average molecular weight is 407 g/mol. The van der Waals surface area contributed by atoms with Gasteiger partial charge in [-0.25, -0.2) is 8.78 Å². The Labute approximate surface area is 170 Å². The van der Waals surface area contributed by atoms with Gasteiger partial charge >= 0.3 is 0 Å². The van der Waals surface area contributed by atoms with Gasteiger partial charge in [-0.05, 0) is 50.6 Å². The number of hydrogen-bond acceptors (Lipinski definition) is 4. The molecule has 0 aromatic heterocycles. The van der Waals surface area contributed by atoms with Crippen LogP contribution in [-0.2, 0) is 9.53 Å². The first-order chi connectivity index (χ1) is 13.9. The molecule has 3 rings (SSSR count). The van der Waals surface area contributed by atoms with Crippen LogP contribution >= 0.6 is 0 Å². The molecule has 29 heavy (non-hydrogen) atoms. The zero-order valence-corrected chi connectivity index (χ0v) is 17.0. The maximum atomic E-state index is 13.7. The molecule has 1 saturated heterocycles. The summed E-state index contributed by atoms with van der Waals surface area (Å²) in [6, 6.07) is 4.30. The summed E-state index contributed by atoms with van der Waals surface area (Å²) in [5.41, 5.74) is 1.50. The number of rotatable bonds is 6. The lowest BCUT2D eigenvalue weighted by molar-refractivity contribution is -0.118. The highest BCUT2D eigenvalue weighted by atomic mass is 19.1. The zero-order chi connectivity index (χ0) is 21.0. The fraction of sp³-hybridized carbons (Fsp3) is 0.524. The number of piperazine rings is 1. The van der Waals surface area contributed by atoms with Crippen LogP contribution in [0.2, 0.25) is 0 Å². The van der Waals surface area contributed by atoms with Crippen molar-refractivity contribution in [3.63, 3.8) is 0 Å². The first kappa shape index (κ1) is 21.2. The van der Waals surface area contributed by atoms with E-state index in [-0.39, 0.29) is 18.3 Å². The molecule has 8 heteroatoms. The Morgan fingerprint density at radius 2 is 1.97 bits per heavy atom. The number of likely N-dealkylation sites (N-methyl/N-ethyl adjacent to an activating group) is 1. The van der Waals surface area contributed by atoms with E-state index in [1.807, 2.05) is 11.9 Å². The number of ether oxygens (including phenoxy) is 1. The Balaban J connectivity index is 1.88. The number of nitrogens with two attached hydrogens (primary N) is 1. The van der Waals surface area contributed by atoms with E-state index in [9.17, 15) is 13.6 Å². The number of nitrogens with one attached hydrogen (secondary N) is 1. The number of allylic oxidation sites excluding steroid dienone is 1. The van der Waals surface area contributed by atoms with Crippen molar-refractivity contribution in [2.24, 2.45) is 0 Å². The Bertz CT molecular complexity index is 771. The summed E-state index contributed by atoms with van der Waals surface area (Å²) < 4.78 is 33.4. The van der Waals surface area contributed by atoms with Gasteiger partial charge in [-0.2, -0.15) is 0 Å². The van der Waals surface area contributed by atoms with Crippen molar-refractivity contribution in [2.45, 2.75) is 38.5 Å². The third kappa shape index (κ3) is 5.53. The van der Waals surface area contributed by atoms with E-state index in [0.717, 1.165) is 13.1 Å². The van der Waals surface area contributed by atoms with Crippen LogP contribution in [0.3, 0.4) is 0 Å². The van der Waals surface area contributed by atoms with Crippen molar-refractivity contribution in [1.29, 1.82) is 0 Å². The molecule has 2 atom stereocenters. The number of halogens is 2. The molecule has 2 aliphatic rings. The number of amides is 1. The second-order valence-corrected chi connectivity index (χ2v) is 7.79. The molecule has 2 unspecified atom stereocenters. The number of hydrogen-bond donors (Lipinski definition) is 2. The third-order valence-electron chi connectivity index (χ3n) is 5.35. The summed E-state index contributed by atoms with van der Waals surface area (Å²) in [5.74, 6) is -0.904. The summed E-state index contributed by atoms with van der Waals surface area (Å²) in [7, 11) is 2.03. The van der Waals surface area contributed by atoms with E-state index in [1.54, 1.807) is 13.0 Å². The quantitative estimate of drug-likeness (QED) is 0.423. The van der Waals surface area contributed by atoms with E-state index in [2.05, 4.69) is 10.2 Å². The van der Waals surface area contributed by atoms with E-state index < -0.39 is 17.9 Å². The lowest BCUT2D eigenvalue weighted by Crippen LogP contribution is -2.47. The number of anilines is 1. The van der Waals surface area contributed by atoms with Crippen LogP contribution < -0.4 is 10.7 Å². The second kappa shape index (κ2) is 9.35. The Hall–Kier alpha value is -2.48. The van der Waals surface area contributed by atoms with Gasteiger partial charge in [0.15, 0.2) is 6.21 Å². The lowest BCUT2D eigenvalue weighted by Gasteiger charge is -2.34. The number of aryl methyl sites for hydroxylation is 1. The number of alkyl halides is 1. The summed E-state index contributed by atoms with van der Waals surface area (Å²) >= 11 is 0. The van der Waals surface area contributed by atoms with Gasteiger partial charge in [0.25, 0.3) is 5.91 Å². The van der Waals surface area contributed by atoms with Crippen molar-refractivity contribution < 1.29 is 23.7 Å². The highest BCUT2D eigenvalue weighted by Gasteiger charge is 2.31. The summed E-state index contributed by atoms with van der Waals surface area (Å²) in [6.07, 6.45) is 1.25. The van der Waals surface area contributed by atoms with Gasteiger partial charge in [0.1, 0.15) is 23.8 Å². The van der Waals surface area contributed by atoms with Gasteiger partial charge in [0, 0.05) is 38.3 Å². The van der Waals surface area contributed by atoms with E-state index in [1.165, 1.54) is 18.3 Å². The van der Waals surface area contributed by atoms with Gasteiger partial charge < -0.3 is 19.9 Å². The van der Waals surface area contributed by atoms with E-state index in [0.29, 0.717) is 42.9 Å². The molecule has 2 fully saturated rings. The number of carbonyl (C=O) groups excluding carboxylic acids is 1. The van der Waals surface area contributed by atoms with E-state index in [4.69, 9.17) is 10.1 Å². The molecule has 0 spiro atoms. The Morgan fingerprint density at radius 3 is 2.55 bits per heavy atom. The van der Waals surface area contributed by atoms with Crippen molar-refractivity contribution in [3.8, 4) is 0 Å². The minimum atomic E-state index is -0.927. The van der Waals surface area contributed by atoms with Crippen LogP contribution in [0.1, 0.15) is 24.8 Å². The SMILES string of the molecule is Cc1cc(F)cc(NC(=O)/C(OC2CCC(F)C2)=C(\C=[NH2+])N2CCN(C)CC2)c1. The fourth-order valence-electron chi connectivity index (χ4n) is 3.76. The summed E-state index contributed by atoms with van der Waals surface area (Å²) in [4.78, 5) is 17.3. The monoisotopic (exact) mass is 407 g/mol. The number of nitrogens with zero attached hydrogens (tertiary/aromatic N) is 2. The van der Waals surface area contributed by atoms with Gasteiger partial charge in [-0.3, -0.25) is 10.2 Å². The highest BCUT2D eigenvalue weighted by Crippen LogP contribution is 2.28. The van der Waals surface area contributed by atoms with Crippen molar-refractivity contribution in [1.82, 2.24) is 9.80 Å². The van der Waals surface area contributed by atoms with Gasteiger partial charge in [0.2, 0.25) is 5.76 Å². The molecule has 1 amide bonds. The zero-order valence-electron chi connectivity index (χ0n) is 17.0. The van der Waals surface area contributed by atoms with Crippen LogP contribution in [0.15, 0.2) is 29.7 Å². The van der Waals surface area contributed by atoms with E-state index >= 15 is 0 Å². The predicted molar refractivity (Wildman–Crippen MR) is 107 cm³/mol. The van der Waals surface area contributed by atoms with Gasteiger partial charge in [0.05, 0.1) is 0 Å². The maximum absolute atomic E-state index is 13.7. The summed E-state index contributed by atoms with van der Waals surface area (Å²) in [5, 5.41) is 8.59. The minimum absolute atomic E-state index is 0.0538. The van der Waals surface area contributed by atoms with Crippen molar-refractivity contribution >= 4 is 17.8 Å². The number of benzene rings is 1. The molecule has 0 radical (unpaired) electrons. The molecular formula is C21H29F2N4O2+. The third-order valence-corrected chi connectivity index (χ3v) is 5.35. The molecule has 1 aromatic carbocycles. The molecule has 1 saturated carbocycles. The van der Waals surface area contributed by atoms with Crippen molar-refractivity contribution in [2.75, 3.05) is 38.5 Å². The molecule has 1 heterocycles. The smallest absolute Gasteiger partial charge is 0.293 e. The second-order valence-electron chi connectivity index (χ2n) is 7.79. The average Bonchev–Trinajstić information content (AvgIpc) is 3.07. The predicted octanol–water partition coefficient (Wildman–Crippen LogP) is 1.27. The van der Waals surface area contributed by atoms with Crippen LogP contribution in [0, 0.1) is 12.7 Å². The molecule has 1 aliphatic carbocycles. The molecule has 0 bridgehead atoms. The first-order valence-corrected chi connectivity index (χ1v) is 9.97. The standard InChI is InChI=1S/C21H28F2N4O2/c1-14-9-16(23)11-17(10-14)25-21(28)20(29-18-4-3-15(22)12-18)19(13-24)27-7-5-26(2)6-8-27/h9-11,13,15,18,24H,3-8,12H2,1-2H3,(H,25,28)/p+1/b20-19-,24-13?. The topological polar surface area (TPSA) is 70.4 Å². The van der Waals surface area contributed by atoms with Crippen LogP contribution in [0.4, 0.5) is 14.5 Å². The normalized spacial score (nSPS) is 23.5. The highest BCUT2D eigenvalue weighted by molar-refractivity contribution is 6.05. The van der Waals surface area contributed by atoms with Crippen molar-refractivity contribution in [3.05, 3.63) is 41.0 Å². The molecular weight excluding hydrogens is 378 g/mol. The Morgan fingerprint density at radius 1 is 1.24 bits per heavy atom. The fourth-order valence-corrected chi connectivity index (χ4v) is 3.76. The summed E-state index contributed by atoms with van der Waals surface area (Å²) in [6.45, 7) is 4.77. The molecule has 1 aromatic rings. The van der Waals surface area contributed by atoms with Crippen LogP contribution in [0.25, 0.3) is 0 Å². The first-order valence-electron chi connectivity index (χ1n) is 9.97. The molecule has 3 N–H and O–H groups in total. The lowest BCUT2D eigenvalue weighted by atomic mass is 10.2. The number of carbonyl (C=O) groups is 1. The van der Waals surface area contributed by atoms with Crippen LogP contribution in [0.5, 0.6) is 0 Å². The largest absolute Gasteiger partial charge is 0.483 e.